The third kappa shape index (κ3) is 4.92. The van der Waals surface area contributed by atoms with Crippen molar-refractivity contribution in [3.63, 3.8) is 0 Å². The summed E-state index contributed by atoms with van der Waals surface area (Å²) < 4.78 is 5.46. The highest BCUT2D eigenvalue weighted by Gasteiger charge is 2.16. The molecule has 1 aliphatic rings. The summed E-state index contributed by atoms with van der Waals surface area (Å²) in [7, 11) is 0. The molecule has 1 fully saturated rings. The molecule has 0 aromatic rings. The molecule has 1 N–H and O–H groups in total. The van der Waals surface area contributed by atoms with Crippen molar-refractivity contribution in [3.05, 3.63) is 0 Å². The van der Waals surface area contributed by atoms with Crippen molar-refractivity contribution in [3.8, 4) is 12.3 Å². The van der Waals surface area contributed by atoms with Crippen molar-refractivity contribution >= 4 is 0 Å². The Morgan fingerprint density at radius 1 is 1.38 bits per heavy atom. The van der Waals surface area contributed by atoms with Gasteiger partial charge in [0.1, 0.15) is 0 Å². The maximum Gasteiger partial charge on any atom is 0.0591 e. The highest BCUT2D eigenvalue weighted by atomic mass is 16.5. The Labute approximate surface area is 81.0 Å². The lowest BCUT2D eigenvalue weighted by molar-refractivity contribution is 0.109. The van der Waals surface area contributed by atoms with Crippen LogP contribution in [0.5, 0.6) is 0 Å². The lowest BCUT2D eigenvalue weighted by Gasteiger charge is -2.24. The fourth-order valence-corrected chi connectivity index (χ4v) is 1.44. The van der Waals surface area contributed by atoms with Crippen molar-refractivity contribution in [1.29, 1.82) is 0 Å². The van der Waals surface area contributed by atoms with Crippen molar-refractivity contribution in [2.45, 2.75) is 25.7 Å². The van der Waals surface area contributed by atoms with Gasteiger partial charge in [0.05, 0.1) is 13.2 Å². The molecule has 0 aromatic heterocycles. The van der Waals surface area contributed by atoms with E-state index in [-0.39, 0.29) is 0 Å². The SMILES string of the molecule is C#CCNCCOCCC1CCC1. The predicted octanol–water partition coefficient (Wildman–Crippen LogP) is 1.42. The van der Waals surface area contributed by atoms with Crippen molar-refractivity contribution in [1.82, 2.24) is 5.32 Å². The van der Waals surface area contributed by atoms with Gasteiger partial charge in [0.25, 0.3) is 0 Å². The van der Waals surface area contributed by atoms with E-state index in [0.29, 0.717) is 6.54 Å². The van der Waals surface area contributed by atoms with Crippen LogP contribution in [0.3, 0.4) is 0 Å². The van der Waals surface area contributed by atoms with E-state index in [2.05, 4.69) is 11.2 Å². The normalized spacial score (nSPS) is 16.5. The summed E-state index contributed by atoms with van der Waals surface area (Å²) in [5.74, 6) is 3.49. The molecule has 0 aromatic carbocycles. The average Bonchev–Trinajstić information content (AvgIpc) is 2.07. The van der Waals surface area contributed by atoms with Gasteiger partial charge in [-0.3, -0.25) is 0 Å². The third-order valence-electron chi connectivity index (χ3n) is 2.55. The summed E-state index contributed by atoms with van der Waals surface area (Å²) in [5.41, 5.74) is 0. The van der Waals surface area contributed by atoms with Crippen LogP contribution < -0.4 is 5.32 Å². The minimum absolute atomic E-state index is 0.645. The average molecular weight is 181 g/mol. The predicted molar refractivity (Wildman–Crippen MR) is 54.5 cm³/mol. The van der Waals surface area contributed by atoms with Crippen molar-refractivity contribution < 1.29 is 4.74 Å². The Bertz CT molecular complexity index is 158. The van der Waals surface area contributed by atoms with Gasteiger partial charge in [0.15, 0.2) is 0 Å². The maximum atomic E-state index is 5.46. The summed E-state index contributed by atoms with van der Waals surface area (Å²) in [6.07, 6.45) is 10.6. The van der Waals surface area contributed by atoms with Gasteiger partial charge in [-0.15, -0.1) is 6.42 Å². The lowest BCUT2D eigenvalue weighted by Crippen LogP contribution is -2.21. The molecule has 0 amide bonds. The molecule has 2 heteroatoms. The molecule has 74 valence electrons. The van der Waals surface area contributed by atoms with Gasteiger partial charge in [-0.25, -0.2) is 0 Å². The first-order valence-electron chi connectivity index (χ1n) is 5.15. The summed E-state index contributed by atoms with van der Waals surface area (Å²) in [6.45, 7) is 3.22. The number of hydrogen-bond acceptors (Lipinski definition) is 2. The second-order valence-electron chi connectivity index (χ2n) is 3.58. The van der Waals surface area contributed by atoms with Crippen LogP contribution >= 0.6 is 0 Å². The van der Waals surface area contributed by atoms with Crippen molar-refractivity contribution in [2.24, 2.45) is 5.92 Å². The Kier molecular flexibility index (Phi) is 5.64. The van der Waals surface area contributed by atoms with Crippen LogP contribution in [0.4, 0.5) is 0 Å². The fourth-order valence-electron chi connectivity index (χ4n) is 1.44. The van der Waals surface area contributed by atoms with Gasteiger partial charge < -0.3 is 10.1 Å². The second-order valence-corrected chi connectivity index (χ2v) is 3.58. The number of rotatable bonds is 7. The molecular formula is C11H19NO. The monoisotopic (exact) mass is 181 g/mol. The highest BCUT2D eigenvalue weighted by molar-refractivity contribution is 4.86. The van der Waals surface area contributed by atoms with Gasteiger partial charge in [-0.2, -0.15) is 0 Å². The van der Waals surface area contributed by atoms with E-state index in [9.17, 15) is 0 Å². The molecule has 0 atom stereocenters. The van der Waals surface area contributed by atoms with Gasteiger partial charge in [0.2, 0.25) is 0 Å². The molecule has 0 unspecified atom stereocenters. The minimum atomic E-state index is 0.645. The molecule has 0 saturated heterocycles. The van der Waals surface area contributed by atoms with E-state index in [1.54, 1.807) is 0 Å². The molecule has 1 rings (SSSR count). The van der Waals surface area contributed by atoms with Crippen LogP contribution in [-0.2, 0) is 4.74 Å². The Balaban J connectivity index is 1.71. The van der Waals surface area contributed by atoms with E-state index in [1.807, 2.05) is 0 Å². The zero-order valence-electron chi connectivity index (χ0n) is 8.22. The van der Waals surface area contributed by atoms with Crippen LogP contribution in [0.15, 0.2) is 0 Å². The number of terminal acetylenes is 1. The molecule has 0 heterocycles. The molecule has 0 aliphatic heterocycles. The topological polar surface area (TPSA) is 21.3 Å². The molecule has 0 bridgehead atoms. The zero-order valence-corrected chi connectivity index (χ0v) is 8.22. The first-order chi connectivity index (χ1) is 6.43. The second kappa shape index (κ2) is 6.94. The van der Waals surface area contributed by atoms with E-state index in [4.69, 9.17) is 11.2 Å². The van der Waals surface area contributed by atoms with Gasteiger partial charge >= 0.3 is 0 Å². The Morgan fingerprint density at radius 2 is 2.23 bits per heavy atom. The van der Waals surface area contributed by atoms with Crippen molar-refractivity contribution in [2.75, 3.05) is 26.3 Å². The summed E-state index contributed by atoms with van der Waals surface area (Å²) >= 11 is 0. The van der Waals surface area contributed by atoms with Gasteiger partial charge in [-0.05, 0) is 12.3 Å². The first kappa shape index (κ1) is 10.6. The molecule has 1 saturated carbocycles. The van der Waals surface area contributed by atoms with Crippen LogP contribution in [0, 0.1) is 18.3 Å². The maximum absolute atomic E-state index is 5.46. The minimum Gasteiger partial charge on any atom is -0.380 e. The largest absolute Gasteiger partial charge is 0.380 e. The molecule has 2 nitrogen and oxygen atoms in total. The standard InChI is InChI=1S/C11H19NO/c1-2-7-12-8-10-13-9-6-11-4-3-5-11/h1,11-12H,3-10H2. The van der Waals surface area contributed by atoms with E-state index >= 15 is 0 Å². The molecule has 0 radical (unpaired) electrons. The lowest BCUT2D eigenvalue weighted by atomic mass is 9.83. The van der Waals surface area contributed by atoms with E-state index < -0.39 is 0 Å². The zero-order chi connectivity index (χ0) is 9.36. The van der Waals surface area contributed by atoms with E-state index in [1.165, 1.54) is 25.7 Å². The van der Waals surface area contributed by atoms with Crippen LogP contribution in [0.25, 0.3) is 0 Å². The molecule has 0 spiro atoms. The summed E-state index contributed by atoms with van der Waals surface area (Å²) in [5, 5.41) is 3.09. The van der Waals surface area contributed by atoms with Gasteiger partial charge in [0, 0.05) is 13.2 Å². The molecule has 1 aliphatic carbocycles. The summed E-state index contributed by atoms with van der Waals surface area (Å²) in [6, 6.07) is 0. The summed E-state index contributed by atoms with van der Waals surface area (Å²) in [4.78, 5) is 0. The van der Waals surface area contributed by atoms with E-state index in [0.717, 1.165) is 25.7 Å². The fraction of sp³-hybridized carbons (Fsp3) is 0.818. The number of nitrogens with one attached hydrogen (secondary N) is 1. The first-order valence-corrected chi connectivity index (χ1v) is 5.15. The van der Waals surface area contributed by atoms with Crippen LogP contribution in [0.1, 0.15) is 25.7 Å². The highest BCUT2D eigenvalue weighted by Crippen LogP contribution is 2.28. The van der Waals surface area contributed by atoms with Gasteiger partial charge in [-0.1, -0.05) is 25.2 Å². The third-order valence-corrected chi connectivity index (χ3v) is 2.55. The van der Waals surface area contributed by atoms with Crippen LogP contribution in [0.2, 0.25) is 0 Å². The number of hydrogen-bond donors (Lipinski definition) is 1. The molecular weight excluding hydrogens is 162 g/mol. The quantitative estimate of drug-likeness (QED) is 0.474. The Morgan fingerprint density at radius 3 is 2.85 bits per heavy atom. The molecule has 13 heavy (non-hydrogen) atoms. The number of ether oxygens (including phenoxy) is 1. The van der Waals surface area contributed by atoms with Crippen LogP contribution in [-0.4, -0.2) is 26.3 Å². The Hall–Kier alpha value is -0.520. The smallest absolute Gasteiger partial charge is 0.0591 e.